The average molecular weight is 264 g/mol. The van der Waals surface area contributed by atoms with Crippen LogP contribution in [0.15, 0.2) is 42.5 Å². The Balaban J connectivity index is 2.19. The molecule has 2 aromatic carbocycles. The molecule has 3 nitrogen and oxygen atoms in total. The molecule has 2 rings (SSSR count). The zero-order chi connectivity index (χ0) is 13.8. The number of rotatable bonds is 4. The number of aromatic carboxylic acids is 1. The van der Waals surface area contributed by atoms with Crippen LogP contribution in [0.4, 0.5) is 8.78 Å². The molecule has 0 radical (unpaired) electrons. The highest BCUT2D eigenvalue weighted by atomic mass is 19.1. The molecule has 19 heavy (non-hydrogen) atoms. The van der Waals surface area contributed by atoms with Gasteiger partial charge in [-0.25, -0.2) is 13.6 Å². The van der Waals surface area contributed by atoms with Crippen LogP contribution in [0.5, 0.6) is 5.75 Å². The van der Waals surface area contributed by atoms with Crippen molar-refractivity contribution in [1.29, 1.82) is 0 Å². The third kappa shape index (κ3) is 3.28. The minimum Gasteiger partial charge on any atom is -0.489 e. The summed E-state index contributed by atoms with van der Waals surface area (Å²) in [5.41, 5.74) is 0.148. The van der Waals surface area contributed by atoms with E-state index in [4.69, 9.17) is 9.84 Å². The van der Waals surface area contributed by atoms with E-state index >= 15 is 0 Å². The number of hydrogen-bond acceptors (Lipinski definition) is 2. The second-order valence-electron chi connectivity index (χ2n) is 3.85. The Morgan fingerprint density at radius 2 is 1.84 bits per heavy atom. The van der Waals surface area contributed by atoms with Crippen LogP contribution in [0.25, 0.3) is 0 Å². The van der Waals surface area contributed by atoms with E-state index in [1.54, 1.807) is 0 Å². The lowest BCUT2D eigenvalue weighted by Gasteiger charge is -2.09. The number of ether oxygens (including phenoxy) is 1. The maximum atomic E-state index is 13.1. The molecule has 1 N–H and O–H groups in total. The molecule has 0 spiro atoms. The molecule has 98 valence electrons. The quantitative estimate of drug-likeness (QED) is 0.922. The Bertz CT molecular complexity index is 611. The van der Waals surface area contributed by atoms with Gasteiger partial charge in [0.1, 0.15) is 24.0 Å². The Labute approximate surface area is 108 Å². The summed E-state index contributed by atoms with van der Waals surface area (Å²) in [6.45, 7) is -0.150. The Hall–Kier alpha value is -2.43. The van der Waals surface area contributed by atoms with E-state index in [1.165, 1.54) is 30.3 Å². The fourth-order valence-corrected chi connectivity index (χ4v) is 1.61. The van der Waals surface area contributed by atoms with E-state index in [-0.39, 0.29) is 23.5 Å². The summed E-state index contributed by atoms with van der Waals surface area (Å²) in [4.78, 5) is 11.0. The second kappa shape index (κ2) is 5.48. The van der Waals surface area contributed by atoms with Crippen molar-refractivity contribution in [3.05, 3.63) is 65.2 Å². The number of benzene rings is 2. The fourth-order valence-electron chi connectivity index (χ4n) is 1.61. The van der Waals surface area contributed by atoms with Gasteiger partial charge < -0.3 is 9.84 Å². The fraction of sp³-hybridized carbons (Fsp3) is 0.0714. The van der Waals surface area contributed by atoms with Crippen molar-refractivity contribution in [2.45, 2.75) is 6.61 Å². The van der Waals surface area contributed by atoms with Gasteiger partial charge in [-0.2, -0.15) is 0 Å². The SMILES string of the molecule is O=C(O)c1ccc(F)cc1COc1cccc(F)c1. The third-order valence-electron chi connectivity index (χ3n) is 2.49. The van der Waals surface area contributed by atoms with E-state index in [0.717, 1.165) is 12.1 Å². The number of carboxylic acid groups (broad SMARTS) is 1. The molecule has 0 atom stereocenters. The van der Waals surface area contributed by atoms with Crippen molar-refractivity contribution < 1.29 is 23.4 Å². The standard InChI is InChI=1S/C14H10F2O3/c15-10-2-1-3-12(7-10)19-8-9-6-11(16)4-5-13(9)14(17)18/h1-7H,8H2,(H,17,18). The van der Waals surface area contributed by atoms with Gasteiger partial charge in [-0.05, 0) is 30.3 Å². The third-order valence-corrected chi connectivity index (χ3v) is 2.49. The molecule has 0 heterocycles. The molecule has 0 bridgehead atoms. The molecule has 0 fully saturated rings. The Morgan fingerprint density at radius 3 is 2.53 bits per heavy atom. The second-order valence-corrected chi connectivity index (χ2v) is 3.85. The van der Waals surface area contributed by atoms with Gasteiger partial charge in [0, 0.05) is 11.6 Å². The average Bonchev–Trinajstić information content (AvgIpc) is 2.36. The van der Waals surface area contributed by atoms with Crippen LogP contribution < -0.4 is 4.74 Å². The van der Waals surface area contributed by atoms with Crippen molar-refractivity contribution in [2.75, 3.05) is 0 Å². The number of carboxylic acids is 1. The molecule has 0 amide bonds. The van der Waals surface area contributed by atoms with E-state index in [0.29, 0.717) is 0 Å². The molecule has 2 aromatic rings. The van der Waals surface area contributed by atoms with E-state index in [1.807, 2.05) is 0 Å². The van der Waals surface area contributed by atoms with Gasteiger partial charge in [-0.1, -0.05) is 6.07 Å². The van der Waals surface area contributed by atoms with Crippen LogP contribution in [0.2, 0.25) is 0 Å². The Kier molecular flexibility index (Phi) is 3.75. The van der Waals surface area contributed by atoms with Crippen LogP contribution in [0.1, 0.15) is 15.9 Å². The van der Waals surface area contributed by atoms with Crippen molar-refractivity contribution >= 4 is 5.97 Å². The summed E-state index contributed by atoms with van der Waals surface area (Å²) in [5, 5.41) is 8.96. The predicted octanol–water partition coefficient (Wildman–Crippen LogP) is 3.24. The largest absolute Gasteiger partial charge is 0.489 e. The molecular formula is C14H10F2O3. The van der Waals surface area contributed by atoms with Crippen molar-refractivity contribution in [3.63, 3.8) is 0 Å². The van der Waals surface area contributed by atoms with Gasteiger partial charge >= 0.3 is 5.97 Å². The van der Waals surface area contributed by atoms with Gasteiger partial charge in [0.2, 0.25) is 0 Å². The van der Waals surface area contributed by atoms with Crippen LogP contribution >= 0.6 is 0 Å². The van der Waals surface area contributed by atoms with Gasteiger partial charge in [0.15, 0.2) is 0 Å². The van der Waals surface area contributed by atoms with Gasteiger partial charge in [-0.3, -0.25) is 0 Å². The van der Waals surface area contributed by atoms with Crippen LogP contribution in [-0.4, -0.2) is 11.1 Å². The summed E-state index contributed by atoms with van der Waals surface area (Å²) < 4.78 is 31.3. The highest BCUT2D eigenvalue weighted by molar-refractivity contribution is 5.89. The predicted molar refractivity (Wildman–Crippen MR) is 64.1 cm³/mol. The molecule has 0 aromatic heterocycles. The van der Waals surface area contributed by atoms with Crippen LogP contribution in [-0.2, 0) is 6.61 Å². The molecule has 0 aliphatic heterocycles. The van der Waals surface area contributed by atoms with Crippen molar-refractivity contribution in [3.8, 4) is 5.75 Å². The molecule has 0 aliphatic carbocycles. The monoisotopic (exact) mass is 264 g/mol. The maximum Gasteiger partial charge on any atom is 0.336 e. The summed E-state index contributed by atoms with van der Waals surface area (Å²) in [7, 11) is 0. The van der Waals surface area contributed by atoms with Crippen LogP contribution in [0, 0.1) is 11.6 Å². The number of hydrogen-bond donors (Lipinski definition) is 1. The smallest absolute Gasteiger partial charge is 0.336 e. The molecule has 0 unspecified atom stereocenters. The molecule has 5 heteroatoms. The van der Waals surface area contributed by atoms with Gasteiger partial charge in [0.25, 0.3) is 0 Å². The minimum absolute atomic E-state index is 0.0437. The topological polar surface area (TPSA) is 46.5 Å². The zero-order valence-electron chi connectivity index (χ0n) is 9.77. The lowest BCUT2D eigenvalue weighted by molar-refractivity contribution is 0.0694. The number of halogens is 2. The molecular weight excluding hydrogens is 254 g/mol. The zero-order valence-corrected chi connectivity index (χ0v) is 9.77. The summed E-state index contributed by atoms with van der Waals surface area (Å²) >= 11 is 0. The molecule has 0 aliphatic rings. The first-order valence-corrected chi connectivity index (χ1v) is 5.46. The summed E-state index contributed by atoms with van der Waals surface area (Å²) in [5.74, 6) is -1.93. The van der Waals surface area contributed by atoms with Crippen molar-refractivity contribution in [1.82, 2.24) is 0 Å². The first kappa shape index (κ1) is 13.0. The van der Waals surface area contributed by atoms with Gasteiger partial charge in [0.05, 0.1) is 5.56 Å². The van der Waals surface area contributed by atoms with E-state index < -0.39 is 17.6 Å². The van der Waals surface area contributed by atoms with Crippen molar-refractivity contribution in [2.24, 2.45) is 0 Å². The summed E-state index contributed by atoms with van der Waals surface area (Å²) in [6, 6.07) is 8.74. The van der Waals surface area contributed by atoms with Gasteiger partial charge in [-0.15, -0.1) is 0 Å². The van der Waals surface area contributed by atoms with E-state index in [9.17, 15) is 13.6 Å². The first-order valence-electron chi connectivity index (χ1n) is 5.46. The van der Waals surface area contributed by atoms with E-state index in [2.05, 4.69) is 0 Å². The van der Waals surface area contributed by atoms with Crippen LogP contribution in [0.3, 0.4) is 0 Å². The lowest BCUT2D eigenvalue weighted by Crippen LogP contribution is -2.06. The first-order chi connectivity index (χ1) is 9.06. The molecule has 0 saturated heterocycles. The summed E-state index contributed by atoms with van der Waals surface area (Å²) in [6.07, 6.45) is 0. The maximum absolute atomic E-state index is 13.1. The minimum atomic E-state index is -1.17. The highest BCUT2D eigenvalue weighted by Gasteiger charge is 2.11. The normalized spacial score (nSPS) is 10.2. The molecule has 0 saturated carbocycles. The highest BCUT2D eigenvalue weighted by Crippen LogP contribution is 2.17. The Morgan fingerprint density at radius 1 is 1.11 bits per heavy atom. The number of carbonyl (C=O) groups is 1. The lowest BCUT2D eigenvalue weighted by atomic mass is 10.1.